The Hall–Kier alpha value is -4.49. The third kappa shape index (κ3) is 5.42. The third-order valence-corrected chi connectivity index (χ3v) is 5.55. The number of aromatic nitrogens is 4. The lowest BCUT2D eigenvalue weighted by atomic mass is 10.0. The number of nitrogens with two attached hydrogens (primary N) is 1. The molecular weight excluding hydrogens is 481 g/mol. The lowest BCUT2D eigenvalue weighted by Crippen LogP contribution is -2.44. The molecule has 0 bridgehead atoms. The Kier molecular flexibility index (Phi) is 6.85. The summed E-state index contributed by atoms with van der Waals surface area (Å²) >= 11 is 0. The first kappa shape index (κ1) is 24.6. The van der Waals surface area contributed by atoms with E-state index in [0.717, 1.165) is 18.3 Å². The Labute approximate surface area is 202 Å². The number of amides is 2. The Morgan fingerprint density at radius 3 is 2.47 bits per heavy atom. The fraction of sp³-hybridized carbons (Fsp3) is 0.273. The van der Waals surface area contributed by atoms with Crippen LogP contribution in [0.25, 0.3) is 11.4 Å². The van der Waals surface area contributed by atoms with Crippen LogP contribution in [-0.2, 0) is 6.18 Å². The van der Waals surface area contributed by atoms with Crippen molar-refractivity contribution in [2.24, 2.45) is 0 Å². The Morgan fingerprint density at radius 2 is 1.78 bits per heavy atom. The van der Waals surface area contributed by atoms with Gasteiger partial charge in [0.15, 0.2) is 17.3 Å². The minimum atomic E-state index is -4.69. The highest BCUT2D eigenvalue weighted by Gasteiger charge is 2.35. The normalized spacial score (nSPS) is 14.4. The van der Waals surface area contributed by atoms with Gasteiger partial charge in [0.1, 0.15) is 11.4 Å². The van der Waals surface area contributed by atoms with Crippen molar-refractivity contribution >= 4 is 29.3 Å². The quantitative estimate of drug-likeness (QED) is 0.411. The van der Waals surface area contributed by atoms with Gasteiger partial charge in [-0.05, 0) is 37.1 Å². The molecule has 5 N–H and O–H groups in total. The molecule has 2 amide bonds. The molecule has 0 radical (unpaired) electrons. The first-order valence-electron chi connectivity index (χ1n) is 10.8. The number of alkyl halides is 3. The van der Waals surface area contributed by atoms with Crippen LogP contribution in [0.4, 0.5) is 35.3 Å². The van der Waals surface area contributed by atoms with E-state index in [-0.39, 0.29) is 29.1 Å². The molecule has 0 aromatic carbocycles. The lowest BCUT2D eigenvalue weighted by molar-refractivity contribution is -0.137. The molecule has 4 heterocycles. The van der Waals surface area contributed by atoms with E-state index in [1.165, 1.54) is 12.4 Å². The zero-order valence-electron chi connectivity index (χ0n) is 18.7. The molecule has 0 unspecified atom stereocenters. The predicted molar refractivity (Wildman–Crippen MR) is 123 cm³/mol. The molecule has 11 nitrogen and oxygen atoms in total. The van der Waals surface area contributed by atoms with Crippen molar-refractivity contribution in [2.75, 3.05) is 29.0 Å². The maximum absolute atomic E-state index is 13.4. The van der Waals surface area contributed by atoms with Crippen molar-refractivity contribution < 1.29 is 27.9 Å². The number of hydrogen-bond donors (Lipinski definition) is 4. The number of pyridine rings is 2. The van der Waals surface area contributed by atoms with Crippen LogP contribution in [0, 0.1) is 0 Å². The van der Waals surface area contributed by atoms with Crippen LogP contribution < -0.4 is 21.3 Å². The van der Waals surface area contributed by atoms with Crippen LogP contribution >= 0.6 is 0 Å². The maximum Gasteiger partial charge on any atom is 0.418 e. The van der Waals surface area contributed by atoms with Gasteiger partial charge in [0, 0.05) is 31.5 Å². The van der Waals surface area contributed by atoms with Gasteiger partial charge in [-0.1, -0.05) is 0 Å². The molecule has 188 valence electrons. The van der Waals surface area contributed by atoms with Crippen LogP contribution in [-0.4, -0.2) is 56.2 Å². The smallest absolute Gasteiger partial charge is 0.418 e. The minimum absolute atomic E-state index is 0.181. The number of hydrogen-bond acceptors (Lipinski definition) is 8. The third-order valence-electron chi connectivity index (χ3n) is 5.55. The van der Waals surface area contributed by atoms with Crippen molar-refractivity contribution in [3.63, 3.8) is 0 Å². The summed E-state index contributed by atoms with van der Waals surface area (Å²) < 4.78 is 40.3. The van der Waals surface area contributed by atoms with Gasteiger partial charge in [-0.25, -0.2) is 19.7 Å². The molecule has 1 aliphatic rings. The molecule has 4 rings (SSSR count). The Balaban J connectivity index is 1.57. The number of rotatable bonds is 5. The highest BCUT2D eigenvalue weighted by Crippen LogP contribution is 2.35. The molecule has 0 atom stereocenters. The van der Waals surface area contributed by atoms with Crippen molar-refractivity contribution in [2.45, 2.75) is 25.1 Å². The highest BCUT2D eigenvalue weighted by molar-refractivity contribution is 6.06. The zero-order valence-corrected chi connectivity index (χ0v) is 18.7. The number of anilines is 3. The summed E-state index contributed by atoms with van der Waals surface area (Å²) in [6.07, 6.45) is -1.00. The summed E-state index contributed by atoms with van der Waals surface area (Å²) in [5.41, 5.74) is 4.25. The van der Waals surface area contributed by atoms with Gasteiger partial charge < -0.3 is 26.4 Å². The molecule has 0 aliphatic carbocycles. The van der Waals surface area contributed by atoms with Gasteiger partial charge in [0.25, 0.3) is 5.91 Å². The predicted octanol–water partition coefficient (Wildman–Crippen LogP) is 3.02. The molecule has 36 heavy (non-hydrogen) atoms. The van der Waals surface area contributed by atoms with Crippen LogP contribution in [0.3, 0.4) is 0 Å². The topological polar surface area (TPSA) is 159 Å². The second kappa shape index (κ2) is 10.0. The molecule has 3 aromatic heterocycles. The zero-order chi connectivity index (χ0) is 25.9. The SMILES string of the molecule is Nc1ncc(-c2ncccc2C(F)(F)F)nc1C(=O)Nc1ncccc1N1CCC(NC(=O)O)CC1. The van der Waals surface area contributed by atoms with E-state index >= 15 is 0 Å². The fourth-order valence-corrected chi connectivity index (χ4v) is 3.87. The molecule has 0 spiro atoms. The summed E-state index contributed by atoms with van der Waals surface area (Å²) in [5.74, 6) is -0.903. The van der Waals surface area contributed by atoms with E-state index in [4.69, 9.17) is 10.8 Å². The largest absolute Gasteiger partial charge is 0.465 e. The van der Waals surface area contributed by atoms with E-state index < -0.39 is 29.4 Å². The number of carboxylic acid groups (broad SMARTS) is 1. The minimum Gasteiger partial charge on any atom is -0.465 e. The summed E-state index contributed by atoms with van der Waals surface area (Å²) in [5, 5.41) is 14.0. The van der Waals surface area contributed by atoms with Gasteiger partial charge in [0.2, 0.25) is 0 Å². The van der Waals surface area contributed by atoms with E-state index in [1.54, 1.807) is 12.1 Å². The summed E-state index contributed by atoms with van der Waals surface area (Å²) in [6, 6.07) is 5.24. The van der Waals surface area contributed by atoms with E-state index in [2.05, 4.69) is 30.6 Å². The molecular formula is C22H21F3N8O3. The van der Waals surface area contributed by atoms with E-state index in [0.29, 0.717) is 31.6 Å². The summed E-state index contributed by atoms with van der Waals surface area (Å²) in [4.78, 5) is 41.7. The average molecular weight is 502 g/mol. The Morgan fingerprint density at radius 1 is 1.08 bits per heavy atom. The number of piperidine rings is 1. The fourth-order valence-electron chi connectivity index (χ4n) is 3.87. The summed E-state index contributed by atoms with van der Waals surface area (Å²) in [6.45, 7) is 1.02. The van der Waals surface area contributed by atoms with Gasteiger partial charge in [-0.2, -0.15) is 13.2 Å². The molecule has 1 fully saturated rings. The molecule has 14 heteroatoms. The van der Waals surface area contributed by atoms with Crippen LogP contribution in [0.15, 0.2) is 42.9 Å². The second-order valence-corrected chi connectivity index (χ2v) is 7.92. The number of nitrogens with one attached hydrogen (secondary N) is 2. The molecule has 3 aromatic rings. The van der Waals surface area contributed by atoms with Gasteiger partial charge in [-0.3, -0.25) is 9.78 Å². The molecule has 1 saturated heterocycles. The second-order valence-electron chi connectivity index (χ2n) is 7.92. The van der Waals surface area contributed by atoms with Gasteiger partial charge in [-0.15, -0.1) is 0 Å². The maximum atomic E-state index is 13.4. The number of carbonyl (C=O) groups is 2. The number of nitrogen functional groups attached to an aromatic ring is 1. The van der Waals surface area contributed by atoms with Gasteiger partial charge in [0.05, 0.1) is 17.4 Å². The monoisotopic (exact) mass is 502 g/mol. The van der Waals surface area contributed by atoms with Crippen molar-refractivity contribution in [1.82, 2.24) is 25.3 Å². The van der Waals surface area contributed by atoms with Crippen LogP contribution in [0.5, 0.6) is 0 Å². The number of carbonyl (C=O) groups excluding carboxylic acids is 1. The summed E-state index contributed by atoms with van der Waals surface area (Å²) in [7, 11) is 0. The number of halogens is 3. The van der Waals surface area contributed by atoms with Gasteiger partial charge >= 0.3 is 12.3 Å². The number of nitrogens with zero attached hydrogens (tertiary/aromatic N) is 5. The van der Waals surface area contributed by atoms with Crippen molar-refractivity contribution in [3.8, 4) is 11.4 Å². The lowest BCUT2D eigenvalue weighted by Gasteiger charge is -2.34. The van der Waals surface area contributed by atoms with Crippen LogP contribution in [0.1, 0.15) is 28.9 Å². The van der Waals surface area contributed by atoms with Crippen molar-refractivity contribution in [3.05, 3.63) is 54.1 Å². The molecule has 0 saturated carbocycles. The van der Waals surface area contributed by atoms with E-state index in [1.807, 2.05) is 4.90 Å². The molecule has 1 aliphatic heterocycles. The average Bonchev–Trinajstić information content (AvgIpc) is 2.84. The highest BCUT2D eigenvalue weighted by atomic mass is 19.4. The standard InChI is InChI=1S/C22H21F3N8O3/c23-22(24,25)13-3-1-7-27-16(13)14-11-29-18(26)17(31-14)20(34)32-19-15(4-2-8-28-19)33-9-5-12(6-10-33)30-21(35)36/h1-4,7-8,11-12,30H,5-6,9-10H2,(H2,26,29)(H,35,36)(H,28,32,34). The first-order chi connectivity index (χ1) is 17.1. The first-order valence-corrected chi connectivity index (χ1v) is 10.8. The Bertz CT molecular complexity index is 1280. The van der Waals surface area contributed by atoms with E-state index in [9.17, 15) is 22.8 Å². The van der Waals surface area contributed by atoms with Crippen LogP contribution in [0.2, 0.25) is 0 Å². The van der Waals surface area contributed by atoms with Crippen molar-refractivity contribution in [1.29, 1.82) is 0 Å².